The molecule has 0 radical (unpaired) electrons. The van der Waals surface area contributed by atoms with E-state index in [-0.39, 0.29) is 23.6 Å². The van der Waals surface area contributed by atoms with Crippen molar-refractivity contribution in [1.82, 2.24) is 9.88 Å². The minimum atomic E-state index is -0.0607. The predicted octanol–water partition coefficient (Wildman–Crippen LogP) is 5.05. The Kier molecular flexibility index (Phi) is 7.44. The first kappa shape index (κ1) is 25.1. The molecule has 0 saturated carbocycles. The summed E-state index contributed by atoms with van der Waals surface area (Å²) in [4.78, 5) is 20.7. The highest BCUT2D eigenvalue weighted by Crippen LogP contribution is 2.25. The number of aryl methyl sites for hydroxylation is 1. The van der Waals surface area contributed by atoms with E-state index in [2.05, 4.69) is 56.1 Å². The quantitative estimate of drug-likeness (QED) is 0.487. The molecule has 2 aromatic carbocycles. The van der Waals surface area contributed by atoms with Gasteiger partial charge in [0.15, 0.2) is 6.61 Å². The molecule has 7 nitrogen and oxygen atoms in total. The molecule has 1 aromatic heterocycles. The number of hydrogen-bond donors (Lipinski definition) is 0. The number of piperazine rings is 1. The number of nitriles is 1. The minimum absolute atomic E-state index is 0.000485. The van der Waals surface area contributed by atoms with Gasteiger partial charge in [-0.05, 0) is 41.7 Å². The van der Waals surface area contributed by atoms with Gasteiger partial charge in [0.05, 0.1) is 0 Å². The zero-order valence-corrected chi connectivity index (χ0v) is 21.3. The van der Waals surface area contributed by atoms with E-state index in [1.165, 1.54) is 5.56 Å². The van der Waals surface area contributed by atoms with Crippen molar-refractivity contribution in [3.8, 4) is 11.8 Å². The lowest BCUT2D eigenvalue weighted by Crippen LogP contribution is -2.50. The van der Waals surface area contributed by atoms with Crippen LogP contribution in [-0.2, 0) is 10.2 Å². The Hall–Kier alpha value is -4.05. The molecule has 0 spiro atoms. The first-order valence-electron chi connectivity index (χ1n) is 12.1. The van der Waals surface area contributed by atoms with Gasteiger partial charge in [-0.15, -0.1) is 0 Å². The van der Waals surface area contributed by atoms with Gasteiger partial charge in [-0.3, -0.25) is 4.79 Å². The third kappa shape index (κ3) is 6.14. The van der Waals surface area contributed by atoms with Gasteiger partial charge >= 0.3 is 0 Å². The van der Waals surface area contributed by atoms with Crippen LogP contribution in [0.4, 0.5) is 5.88 Å². The van der Waals surface area contributed by atoms with Crippen LogP contribution in [0.2, 0.25) is 0 Å². The normalized spacial score (nSPS) is 14.2. The van der Waals surface area contributed by atoms with Crippen LogP contribution in [-0.4, -0.2) is 48.6 Å². The van der Waals surface area contributed by atoms with Crippen molar-refractivity contribution in [2.75, 3.05) is 37.7 Å². The first-order valence-corrected chi connectivity index (χ1v) is 12.1. The van der Waals surface area contributed by atoms with Gasteiger partial charge in [0.1, 0.15) is 11.8 Å². The Balaban J connectivity index is 1.34. The van der Waals surface area contributed by atoms with E-state index in [9.17, 15) is 10.1 Å². The van der Waals surface area contributed by atoms with Crippen LogP contribution in [0.25, 0.3) is 12.2 Å². The number of carbonyl (C=O) groups excluding carboxylic acids is 1. The van der Waals surface area contributed by atoms with Crippen molar-refractivity contribution in [1.29, 1.82) is 5.26 Å². The summed E-state index contributed by atoms with van der Waals surface area (Å²) in [5.74, 6) is 1.45. The summed E-state index contributed by atoms with van der Waals surface area (Å²) in [7, 11) is 0. The maximum Gasteiger partial charge on any atom is 0.260 e. The number of aromatic nitrogens is 1. The molecule has 0 aliphatic carbocycles. The number of carbonyl (C=O) groups is 1. The lowest BCUT2D eigenvalue weighted by Gasteiger charge is -2.34. The third-order valence-corrected chi connectivity index (χ3v) is 6.23. The average molecular weight is 485 g/mol. The molecule has 3 aromatic rings. The van der Waals surface area contributed by atoms with Gasteiger partial charge in [0, 0.05) is 32.3 Å². The fraction of sp³-hybridized carbons (Fsp3) is 0.345. The lowest BCUT2D eigenvalue weighted by atomic mass is 9.87. The van der Waals surface area contributed by atoms with E-state index in [1.54, 1.807) is 11.0 Å². The van der Waals surface area contributed by atoms with Gasteiger partial charge in [-0.1, -0.05) is 62.7 Å². The van der Waals surface area contributed by atoms with Crippen molar-refractivity contribution in [2.45, 2.75) is 33.1 Å². The number of benzene rings is 2. The highest BCUT2D eigenvalue weighted by molar-refractivity contribution is 5.78. The number of oxazole rings is 1. The zero-order chi connectivity index (χ0) is 25.7. The molecule has 186 valence electrons. The Labute approximate surface area is 212 Å². The maximum absolute atomic E-state index is 12.6. The Bertz CT molecular complexity index is 1250. The summed E-state index contributed by atoms with van der Waals surface area (Å²) in [6.45, 7) is 10.7. The van der Waals surface area contributed by atoms with Gasteiger partial charge in [-0.25, -0.2) is 0 Å². The topological polar surface area (TPSA) is 82.6 Å². The molecule has 7 heteroatoms. The third-order valence-electron chi connectivity index (χ3n) is 6.23. The van der Waals surface area contributed by atoms with Crippen molar-refractivity contribution >= 4 is 23.9 Å². The van der Waals surface area contributed by atoms with Gasteiger partial charge < -0.3 is 19.0 Å². The largest absolute Gasteiger partial charge is 0.484 e. The number of rotatable bonds is 6. The van der Waals surface area contributed by atoms with Crippen LogP contribution < -0.4 is 9.64 Å². The van der Waals surface area contributed by atoms with Crippen LogP contribution in [0.3, 0.4) is 0 Å². The molecule has 1 fully saturated rings. The van der Waals surface area contributed by atoms with Crippen LogP contribution in [0.15, 0.2) is 52.9 Å². The molecule has 0 unspecified atom stereocenters. The van der Waals surface area contributed by atoms with Crippen LogP contribution in [0.1, 0.15) is 49.0 Å². The highest BCUT2D eigenvalue weighted by atomic mass is 16.5. The van der Waals surface area contributed by atoms with Crippen LogP contribution in [0.5, 0.6) is 5.75 Å². The highest BCUT2D eigenvalue weighted by Gasteiger charge is 2.26. The Morgan fingerprint density at radius 3 is 2.33 bits per heavy atom. The second kappa shape index (κ2) is 10.7. The number of anilines is 1. The fourth-order valence-corrected chi connectivity index (χ4v) is 3.98. The molecule has 0 atom stereocenters. The average Bonchev–Trinajstić information content (AvgIpc) is 3.30. The summed E-state index contributed by atoms with van der Waals surface area (Å²) in [5.41, 5.74) is 3.79. The minimum Gasteiger partial charge on any atom is -0.484 e. The summed E-state index contributed by atoms with van der Waals surface area (Å²) >= 11 is 0. The molecular formula is C29H32N4O3. The van der Waals surface area contributed by atoms with E-state index in [0.29, 0.717) is 43.7 Å². The smallest absolute Gasteiger partial charge is 0.260 e. The number of hydrogen-bond acceptors (Lipinski definition) is 6. The molecule has 4 rings (SSSR count). The van der Waals surface area contributed by atoms with Gasteiger partial charge in [-0.2, -0.15) is 10.2 Å². The predicted molar refractivity (Wildman–Crippen MR) is 141 cm³/mol. The molecule has 1 aliphatic heterocycles. The zero-order valence-electron chi connectivity index (χ0n) is 21.3. The van der Waals surface area contributed by atoms with E-state index in [0.717, 1.165) is 11.1 Å². The summed E-state index contributed by atoms with van der Waals surface area (Å²) in [6.07, 6.45) is 3.70. The van der Waals surface area contributed by atoms with Gasteiger partial charge in [0.2, 0.25) is 17.5 Å². The van der Waals surface area contributed by atoms with E-state index >= 15 is 0 Å². The van der Waals surface area contributed by atoms with Crippen LogP contribution >= 0.6 is 0 Å². The monoisotopic (exact) mass is 484 g/mol. The van der Waals surface area contributed by atoms with Crippen molar-refractivity contribution in [3.05, 3.63) is 76.8 Å². The molecule has 1 aliphatic rings. The SMILES string of the molecule is Cc1ccc(OCC(=O)N2CCN(c3oc(/C=C/c4ccc(C(C)(C)C)cc4)nc3C#N)CC2)cc1. The maximum atomic E-state index is 12.6. The van der Waals surface area contributed by atoms with Crippen molar-refractivity contribution in [3.63, 3.8) is 0 Å². The molecule has 2 heterocycles. The summed E-state index contributed by atoms with van der Waals surface area (Å²) in [6, 6.07) is 18.1. The molecule has 0 N–H and O–H groups in total. The summed E-state index contributed by atoms with van der Waals surface area (Å²) < 4.78 is 11.6. The standard InChI is InChI=1S/C29H32N4O3/c1-21-5-12-24(13-6-21)35-20-27(34)32-15-17-33(18-16-32)28-25(19-30)31-26(36-28)14-9-22-7-10-23(11-8-22)29(2,3)4/h5-14H,15-18,20H2,1-4H3/b14-9+. The molecule has 36 heavy (non-hydrogen) atoms. The number of ether oxygens (including phenoxy) is 1. The second-order valence-corrected chi connectivity index (χ2v) is 9.99. The van der Waals surface area contributed by atoms with Crippen LogP contribution in [0, 0.1) is 18.3 Å². The second-order valence-electron chi connectivity index (χ2n) is 9.99. The fourth-order valence-electron chi connectivity index (χ4n) is 3.98. The lowest BCUT2D eigenvalue weighted by molar-refractivity contribution is -0.133. The Morgan fingerprint density at radius 2 is 1.72 bits per heavy atom. The van der Waals surface area contributed by atoms with Gasteiger partial charge in [0.25, 0.3) is 5.91 Å². The van der Waals surface area contributed by atoms with E-state index < -0.39 is 0 Å². The van der Waals surface area contributed by atoms with E-state index in [1.807, 2.05) is 42.2 Å². The summed E-state index contributed by atoms with van der Waals surface area (Å²) in [5, 5.41) is 9.59. The Morgan fingerprint density at radius 1 is 1.06 bits per heavy atom. The number of nitrogens with zero attached hydrogens (tertiary/aromatic N) is 4. The molecule has 1 saturated heterocycles. The van der Waals surface area contributed by atoms with Crippen molar-refractivity contribution in [2.24, 2.45) is 0 Å². The number of amides is 1. The molecule has 0 bridgehead atoms. The molecule has 1 amide bonds. The first-order chi connectivity index (χ1) is 17.2. The van der Waals surface area contributed by atoms with E-state index in [4.69, 9.17) is 9.15 Å². The van der Waals surface area contributed by atoms with Crippen molar-refractivity contribution < 1.29 is 13.9 Å². The molecular weight excluding hydrogens is 452 g/mol.